The lowest BCUT2D eigenvalue weighted by Crippen LogP contribution is -2.38. The molecule has 0 bridgehead atoms. The van der Waals surface area contributed by atoms with Crippen LogP contribution in [0.15, 0.2) is 24.3 Å². The van der Waals surface area contributed by atoms with Gasteiger partial charge in [0, 0.05) is 6.54 Å². The Morgan fingerprint density at radius 3 is 2.58 bits per heavy atom. The molecule has 0 saturated carbocycles. The van der Waals surface area contributed by atoms with Crippen LogP contribution in [0.25, 0.3) is 0 Å². The van der Waals surface area contributed by atoms with Crippen molar-refractivity contribution in [3.63, 3.8) is 0 Å². The zero-order valence-electron chi connectivity index (χ0n) is 11.1. The monoisotopic (exact) mass is 288 g/mol. The number of nitrogens with zero attached hydrogens (tertiary/aromatic N) is 1. The highest BCUT2D eigenvalue weighted by Gasteiger charge is 2.17. The van der Waals surface area contributed by atoms with E-state index >= 15 is 0 Å². The molecule has 2 rings (SSSR count). The van der Waals surface area contributed by atoms with Gasteiger partial charge in [0.1, 0.15) is 6.61 Å². The van der Waals surface area contributed by atoms with Gasteiger partial charge in [-0.25, -0.2) is 4.39 Å². The van der Waals surface area contributed by atoms with Crippen LogP contribution in [-0.4, -0.2) is 37.7 Å². The van der Waals surface area contributed by atoms with E-state index in [1.54, 1.807) is 18.2 Å². The average Bonchev–Trinajstić information content (AvgIpc) is 2.42. The van der Waals surface area contributed by atoms with E-state index < -0.39 is 0 Å². The van der Waals surface area contributed by atoms with Crippen LogP contribution in [0.3, 0.4) is 0 Å². The predicted octanol–water partition coefficient (Wildman–Crippen LogP) is 2.30. The molecule has 0 amide bonds. The summed E-state index contributed by atoms with van der Waals surface area (Å²) in [5.41, 5.74) is 5.66. The van der Waals surface area contributed by atoms with Crippen molar-refractivity contribution < 1.29 is 9.13 Å². The molecule has 1 aliphatic rings. The van der Waals surface area contributed by atoms with Crippen molar-refractivity contribution in [3.05, 3.63) is 30.1 Å². The zero-order valence-corrected chi connectivity index (χ0v) is 11.9. The number of nitrogens with two attached hydrogens (primary N) is 1. The second-order valence-corrected chi connectivity index (χ2v) is 4.80. The average molecular weight is 289 g/mol. The third-order valence-electron chi connectivity index (χ3n) is 3.54. The molecule has 1 aromatic rings. The van der Waals surface area contributed by atoms with Crippen molar-refractivity contribution in [2.24, 2.45) is 11.7 Å². The molecule has 19 heavy (non-hydrogen) atoms. The summed E-state index contributed by atoms with van der Waals surface area (Å²) in [4.78, 5) is 2.35. The molecule has 1 saturated heterocycles. The Morgan fingerprint density at radius 1 is 1.26 bits per heavy atom. The number of rotatable bonds is 5. The molecule has 0 aromatic heterocycles. The standard InChI is InChI=1S/C14H21FN2O.ClH/c15-13-3-1-2-4-14(13)18-10-9-17-7-5-12(11-16)6-8-17;/h1-4,12H,5-11,16H2;1H. The summed E-state index contributed by atoms with van der Waals surface area (Å²) >= 11 is 0. The van der Waals surface area contributed by atoms with Crippen LogP contribution < -0.4 is 10.5 Å². The van der Waals surface area contributed by atoms with Crippen LogP contribution in [-0.2, 0) is 0 Å². The predicted molar refractivity (Wildman–Crippen MR) is 77.4 cm³/mol. The highest BCUT2D eigenvalue weighted by Crippen LogP contribution is 2.17. The number of likely N-dealkylation sites (tertiary alicyclic amines) is 1. The Hall–Kier alpha value is -0.840. The lowest BCUT2D eigenvalue weighted by molar-refractivity contribution is 0.155. The van der Waals surface area contributed by atoms with Crippen molar-refractivity contribution in [1.82, 2.24) is 4.90 Å². The van der Waals surface area contributed by atoms with Gasteiger partial charge in [-0.15, -0.1) is 12.4 Å². The van der Waals surface area contributed by atoms with Crippen LogP contribution in [0.5, 0.6) is 5.75 Å². The second-order valence-electron chi connectivity index (χ2n) is 4.80. The first-order chi connectivity index (χ1) is 8.79. The summed E-state index contributed by atoms with van der Waals surface area (Å²) < 4.78 is 18.8. The fourth-order valence-corrected chi connectivity index (χ4v) is 2.29. The Kier molecular flexibility index (Phi) is 7.13. The Balaban J connectivity index is 0.00000180. The van der Waals surface area contributed by atoms with E-state index in [0.717, 1.165) is 39.0 Å². The van der Waals surface area contributed by atoms with E-state index in [0.29, 0.717) is 18.3 Å². The molecule has 0 unspecified atom stereocenters. The van der Waals surface area contributed by atoms with Crippen LogP contribution in [0, 0.1) is 11.7 Å². The van der Waals surface area contributed by atoms with E-state index in [1.807, 2.05) is 0 Å². The number of hydrogen-bond donors (Lipinski definition) is 1. The summed E-state index contributed by atoms with van der Waals surface area (Å²) in [6, 6.07) is 6.53. The van der Waals surface area contributed by atoms with Crippen LogP contribution >= 0.6 is 12.4 Å². The first kappa shape index (κ1) is 16.2. The number of piperidine rings is 1. The minimum absolute atomic E-state index is 0. The third kappa shape index (κ3) is 4.97. The Morgan fingerprint density at radius 2 is 1.95 bits per heavy atom. The number of halogens is 2. The van der Waals surface area contributed by atoms with Crippen LogP contribution in [0.2, 0.25) is 0 Å². The van der Waals surface area contributed by atoms with E-state index in [-0.39, 0.29) is 18.2 Å². The molecule has 108 valence electrons. The van der Waals surface area contributed by atoms with Gasteiger partial charge >= 0.3 is 0 Å². The summed E-state index contributed by atoms with van der Waals surface area (Å²) in [7, 11) is 0. The molecular weight excluding hydrogens is 267 g/mol. The van der Waals surface area contributed by atoms with E-state index in [1.165, 1.54) is 6.07 Å². The summed E-state index contributed by atoms with van der Waals surface area (Å²) in [5, 5.41) is 0. The maximum atomic E-state index is 13.3. The van der Waals surface area contributed by atoms with Crippen molar-refractivity contribution in [1.29, 1.82) is 0 Å². The van der Waals surface area contributed by atoms with Gasteiger partial charge in [-0.3, -0.25) is 4.90 Å². The Labute approximate surface area is 120 Å². The van der Waals surface area contributed by atoms with Crippen molar-refractivity contribution in [2.45, 2.75) is 12.8 Å². The van der Waals surface area contributed by atoms with Gasteiger partial charge in [0.15, 0.2) is 11.6 Å². The molecule has 0 atom stereocenters. The smallest absolute Gasteiger partial charge is 0.165 e. The lowest BCUT2D eigenvalue weighted by Gasteiger charge is -2.31. The highest BCUT2D eigenvalue weighted by atomic mass is 35.5. The molecule has 3 nitrogen and oxygen atoms in total. The zero-order chi connectivity index (χ0) is 12.8. The largest absolute Gasteiger partial charge is 0.489 e. The van der Waals surface area contributed by atoms with Gasteiger partial charge in [-0.2, -0.15) is 0 Å². The maximum Gasteiger partial charge on any atom is 0.165 e. The van der Waals surface area contributed by atoms with Gasteiger partial charge in [0.05, 0.1) is 0 Å². The minimum atomic E-state index is -0.292. The Bertz CT molecular complexity index is 370. The minimum Gasteiger partial charge on any atom is -0.489 e. The van der Waals surface area contributed by atoms with Crippen molar-refractivity contribution in [2.75, 3.05) is 32.8 Å². The van der Waals surface area contributed by atoms with E-state index in [4.69, 9.17) is 10.5 Å². The molecule has 2 N–H and O–H groups in total. The molecule has 0 spiro atoms. The topological polar surface area (TPSA) is 38.5 Å². The summed E-state index contributed by atoms with van der Waals surface area (Å²) in [5.74, 6) is 0.724. The molecule has 1 heterocycles. The summed E-state index contributed by atoms with van der Waals surface area (Å²) in [6.07, 6.45) is 2.33. The van der Waals surface area contributed by atoms with Gasteiger partial charge in [0.25, 0.3) is 0 Å². The molecule has 1 aromatic carbocycles. The van der Waals surface area contributed by atoms with Crippen molar-refractivity contribution in [3.8, 4) is 5.75 Å². The normalized spacial score (nSPS) is 16.9. The summed E-state index contributed by atoms with van der Waals surface area (Å²) in [6.45, 7) is 4.32. The number of benzene rings is 1. The van der Waals surface area contributed by atoms with Gasteiger partial charge in [0.2, 0.25) is 0 Å². The number of ether oxygens (including phenoxy) is 1. The molecule has 1 fully saturated rings. The third-order valence-corrected chi connectivity index (χ3v) is 3.54. The maximum absolute atomic E-state index is 13.3. The highest BCUT2D eigenvalue weighted by molar-refractivity contribution is 5.85. The number of para-hydroxylation sites is 1. The number of hydrogen-bond acceptors (Lipinski definition) is 3. The van der Waals surface area contributed by atoms with Crippen LogP contribution in [0.4, 0.5) is 4.39 Å². The fraction of sp³-hybridized carbons (Fsp3) is 0.571. The van der Waals surface area contributed by atoms with Crippen LogP contribution in [0.1, 0.15) is 12.8 Å². The van der Waals surface area contributed by atoms with E-state index in [9.17, 15) is 4.39 Å². The van der Waals surface area contributed by atoms with Gasteiger partial charge in [-0.1, -0.05) is 12.1 Å². The molecule has 1 aliphatic heterocycles. The van der Waals surface area contributed by atoms with E-state index in [2.05, 4.69) is 4.90 Å². The second kappa shape index (κ2) is 8.35. The molecule has 0 radical (unpaired) electrons. The van der Waals surface area contributed by atoms with Gasteiger partial charge in [-0.05, 0) is 50.5 Å². The first-order valence-electron chi connectivity index (χ1n) is 6.59. The lowest BCUT2D eigenvalue weighted by atomic mass is 9.97. The molecular formula is C14H22ClFN2O. The first-order valence-corrected chi connectivity index (χ1v) is 6.59. The van der Waals surface area contributed by atoms with Crippen molar-refractivity contribution >= 4 is 12.4 Å². The van der Waals surface area contributed by atoms with Gasteiger partial charge < -0.3 is 10.5 Å². The quantitative estimate of drug-likeness (QED) is 0.903. The SMILES string of the molecule is Cl.NCC1CCN(CCOc2ccccc2F)CC1. The fourth-order valence-electron chi connectivity index (χ4n) is 2.29. The molecule has 0 aliphatic carbocycles. The molecule has 5 heteroatoms.